The highest BCUT2D eigenvalue weighted by Gasteiger charge is 2.39. The summed E-state index contributed by atoms with van der Waals surface area (Å²) in [5, 5.41) is 11.5. The highest BCUT2D eigenvalue weighted by Crippen LogP contribution is 2.36. The van der Waals surface area contributed by atoms with Crippen LogP contribution in [0.1, 0.15) is 30.5 Å². The van der Waals surface area contributed by atoms with E-state index < -0.39 is 5.92 Å². The number of aryl methyl sites for hydroxylation is 2. The Morgan fingerprint density at radius 3 is 2.66 bits per heavy atom. The molecule has 1 aliphatic rings. The molecule has 1 atom stereocenters. The average Bonchev–Trinajstić information content (AvgIpc) is 3.27. The molecule has 7 nitrogen and oxygen atoms in total. The molecule has 3 aromatic heterocycles. The highest BCUT2D eigenvalue weighted by atomic mass is 19.3. The maximum absolute atomic E-state index is 13.4. The summed E-state index contributed by atoms with van der Waals surface area (Å²) in [6.07, 6.45) is 3.73. The minimum Gasteiger partial charge on any atom is -0.479 e. The number of halogens is 2. The number of hydrogen-bond acceptors (Lipinski definition) is 6. The molecule has 1 N–H and O–H groups in total. The lowest BCUT2D eigenvalue weighted by Gasteiger charge is -2.15. The van der Waals surface area contributed by atoms with Crippen LogP contribution in [0.25, 0.3) is 17.1 Å². The zero-order chi connectivity index (χ0) is 20.6. The highest BCUT2D eigenvalue weighted by molar-refractivity contribution is 5.61. The average molecular weight is 400 g/mol. The Hall–Kier alpha value is -3.10. The zero-order valence-electron chi connectivity index (χ0n) is 16.5. The van der Waals surface area contributed by atoms with Crippen molar-refractivity contribution in [3.63, 3.8) is 0 Å². The van der Waals surface area contributed by atoms with Crippen molar-refractivity contribution in [2.75, 3.05) is 12.4 Å². The van der Waals surface area contributed by atoms with Gasteiger partial charge < -0.3 is 14.6 Å². The molecule has 1 unspecified atom stereocenters. The van der Waals surface area contributed by atoms with Gasteiger partial charge in [-0.15, -0.1) is 10.2 Å². The Kier molecular flexibility index (Phi) is 4.89. The molecule has 0 radical (unpaired) electrons. The van der Waals surface area contributed by atoms with Crippen LogP contribution in [0, 0.1) is 13.8 Å². The van der Waals surface area contributed by atoms with Crippen LogP contribution in [-0.2, 0) is 0 Å². The Morgan fingerprint density at radius 2 is 2.03 bits per heavy atom. The quantitative estimate of drug-likeness (QED) is 0.699. The number of ether oxygens (including phenoxy) is 1. The standard InChI is InChI=1S/C20H22F2N6O/c1-12-8-16(26-27-18(12)24-14-6-7-20(21,22)9-14)15-4-5-17(19(25-15)29-3)28-10-13(2)23-11-28/h4-5,8,10-11,14H,6-7,9H2,1-3H3,(H,24,27). The topological polar surface area (TPSA) is 77.8 Å². The predicted molar refractivity (Wildman–Crippen MR) is 105 cm³/mol. The van der Waals surface area contributed by atoms with Crippen LogP contribution < -0.4 is 10.1 Å². The third kappa shape index (κ3) is 4.03. The van der Waals surface area contributed by atoms with Gasteiger partial charge in [0.1, 0.15) is 11.4 Å². The molecule has 1 aliphatic carbocycles. The van der Waals surface area contributed by atoms with Gasteiger partial charge in [-0.1, -0.05) is 0 Å². The van der Waals surface area contributed by atoms with E-state index in [4.69, 9.17) is 4.74 Å². The molecule has 0 aromatic carbocycles. The van der Waals surface area contributed by atoms with E-state index in [1.54, 1.807) is 13.4 Å². The van der Waals surface area contributed by atoms with E-state index in [0.29, 0.717) is 29.5 Å². The van der Waals surface area contributed by atoms with Crippen molar-refractivity contribution in [1.82, 2.24) is 24.7 Å². The predicted octanol–water partition coefficient (Wildman–Crippen LogP) is 3.95. The summed E-state index contributed by atoms with van der Waals surface area (Å²) in [5.41, 5.74) is 3.66. The molecule has 152 valence electrons. The molecule has 4 rings (SSSR count). The normalized spacial score (nSPS) is 18.0. The molecular formula is C20H22F2N6O. The fourth-order valence-corrected chi connectivity index (χ4v) is 3.49. The van der Waals surface area contributed by atoms with Gasteiger partial charge >= 0.3 is 0 Å². The number of pyridine rings is 1. The van der Waals surface area contributed by atoms with Crippen LogP contribution in [0.15, 0.2) is 30.7 Å². The van der Waals surface area contributed by atoms with Gasteiger partial charge in [-0.2, -0.15) is 0 Å². The smallest absolute Gasteiger partial charge is 0.250 e. The van der Waals surface area contributed by atoms with Gasteiger partial charge in [-0.3, -0.25) is 0 Å². The maximum atomic E-state index is 13.4. The largest absolute Gasteiger partial charge is 0.479 e. The molecule has 0 saturated heterocycles. The summed E-state index contributed by atoms with van der Waals surface area (Å²) in [6.45, 7) is 3.78. The molecule has 1 fully saturated rings. The summed E-state index contributed by atoms with van der Waals surface area (Å²) in [7, 11) is 1.56. The van der Waals surface area contributed by atoms with Gasteiger partial charge in [0.25, 0.3) is 0 Å². The van der Waals surface area contributed by atoms with Crippen LogP contribution in [0.3, 0.4) is 0 Å². The number of nitrogens with one attached hydrogen (secondary N) is 1. The molecule has 29 heavy (non-hydrogen) atoms. The van der Waals surface area contributed by atoms with Gasteiger partial charge in [0.2, 0.25) is 11.8 Å². The zero-order valence-corrected chi connectivity index (χ0v) is 16.5. The van der Waals surface area contributed by atoms with Crippen molar-refractivity contribution in [2.45, 2.75) is 45.1 Å². The summed E-state index contributed by atoms with van der Waals surface area (Å²) >= 11 is 0. The van der Waals surface area contributed by atoms with E-state index in [-0.39, 0.29) is 18.9 Å². The molecule has 3 heterocycles. The lowest BCUT2D eigenvalue weighted by atomic mass is 10.2. The molecule has 0 amide bonds. The van der Waals surface area contributed by atoms with Gasteiger partial charge in [-0.25, -0.2) is 18.7 Å². The van der Waals surface area contributed by atoms with Gasteiger partial charge in [0.15, 0.2) is 5.82 Å². The molecule has 0 spiro atoms. The third-order valence-electron chi connectivity index (χ3n) is 5.01. The summed E-state index contributed by atoms with van der Waals surface area (Å²) in [4.78, 5) is 8.77. The first-order valence-electron chi connectivity index (χ1n) is 9.40. The van der Waals surface area contributed by atoms with Gasteiger partial charge in [-0.05, 0) is 44.0 Å². The molecule has 1 saturated carbocycles. The third-order valence-corrected chi connectivity index (χ3v) is 5.01. The summed E-state index contributed by atoms with van der Waals surface area (Å²) < 4.78 is 34.1. The molecule has 0 bridgehead atoms. The first-order chi connectivity index (χ1) is 13.8. The number of methoxy groups -OCH3 is 1. The fraction of sp³-hybridized carbons (Fsp3) is 0.400. The number of anilines is 1. The molecule has 0 aliphatic heterocycles. The minimum atomic E-state index is -2.60. The van der Waals surface area contributed by atoms with Crippen molar-refractivity contribution < 1.29 is 13.5 Å². The number of hydrogen-bond donors (Lipinski definition) is 1. The molecular weight excluding hydrogens is 378 g/mol. The monoisotopic (exact) mass is 400 g/mol. The maximum Gasteiger partial charge on any atom is 0.250 e. The van der Waals surface area contributed by atoms with E-state index in [2.05, 4.69) is 25.5 Å². The second-order valence-corrected chi connectivity index (χ2v) is 7.35. The molecule has 3 aromatic rings. The second kappa shape index (κ2) is 7.38. The Labute approximate surface area is 167 Å². The summed E-state index contributed by atoms with van der Waals surface area (Å²) in [6, 6.07) is 5.26. The Balaban J connectivity index is 1.58. The van der Waals surface area contributed by atoms with Crippen LogP contribution in [0.2, 0.25) is 0 Å². The first-order valence-corrected chi connectivity index (χ1v) is 9.40. The van der Waals surface area contributed by atoms with Gasteiger partial charge in [0.05, 0.1) is 24.8 Å². The van der Waals surface area contributed by atoms with Crippen molar-refractivity contribution in [1.29, 1.82) is 0 Å². The van der Waals surface area contributed by atoms with E-state index in [0.717, 1.165) is 16.9 Å². The van der Waals surface area contributed by atoms with E-state index in [1.807, 2.05) is 42.8 Å². The van der Waals surface area contributed by atoms with Crippen molar-refractivity contribution in [3.8, 4) is 23.0 Å². The Morgan fingerprint density at radius 1 is 1.21 bits per heavy atom. The van der Waals surface area contributed by atoms with Gasteiger partial charge in [0, 0.05) is 25.1 Å². The number of aromatic nitrogens is 5. The van der Waals surface area contributed by atoms with E-state index >= 15 is 0 Å². The second-order valence-electron chi connectivity index (χ2n) is 7.35. The van der Waals surface area contributed by atoms with Crippen LogP contribution >= 0.6 is 0 Å². The number of imidazole rings is 1. The first kappa shape index (κ1) is 19.2. The van der Waals surface area contributed by atoms with Crippen LogP contribution in [-0.4, -0.2) is 43.8 Å². The van der Waals surface area contributed by atoms with Crippen LogP contribution in [0.4, 0.5) is 14.6 Å². The number of alkyl halides is 2. The summed E-state index contributed by atoms with van der Waals surface area (Å²) in [5.74, 6) is -1.64. The van der Waals surface area contributed by atoms with Crippen molar-refractivity contribution in [3.05, 3.63) is 42.0 Å². The lowest BCUT2D eigenvalue weighted by Crippen LogP contribution is -2.20. The van der Waals surface area contributed by atoms with Crippen LogP contribution in [0.5, 0.6) is 5.88 Å². The number of nitrogens with zero attached hydrogens (tertiary/aromatic N) is 5. The molecule has 9 heteroatoms. The SMILES string of the molecule is COc1nc(-c2cc(C)c(NC3CCC(F)(F)C3)nn2)ccc1-n1cnc(C)c1. The lowest BCUT2D eigenvalue weighted by molar-refractivity contribution is 0.00851. The van der Waals surface area contributed by atoms with E-state index in [9.17, 15) is 8.78 Å². The Bertz CT molecular complexity index is 1040. The van der Waals surface area contributed by atoms with Crippen molar-refractivity contribution in [2.24, 2.45) is 0 Å². The number of rotatable bonds is 5. The fourth-order valence-electron chi connectivity index (χ4n) is 3.49. The minimum absolute atomic E-state index is 0.0955. The van der Waals surface area contributed by atoms with Crippen molar-refractivity contribution >= 4 is 5.82 Å². The van der Waals surface area contributed by atoms with E-state index in [1.165, 1.54) is 0 Å².